The average Bonchev–Trinajstić information content (AvgIpc) is 2.29. The number of hydrogen-bond acceptors (Lipinski definition) is 4. The van der Waals surface area contributed by atoms with E-state index >= 15 is 0 Å². The van der Waals surface area contributed by atoms with Crippen molar-refractivity contribution in [2.24, 2.45) is 0 Å². The van der Waals surface area contributed by atoms with Crippen LogP contribution in [-0.2, 0) is 0 Å². The van der Waals surface area contributed by atoms with Crippen LogP contribution in [0.4, 0.5) is 5.95 Å². The van der Waals surface area contributed by atoms with Crippen molar-refractivity contribution in [1.82, 2.24) is 15.3 Å². The third-order valence-electron chi connectivity index (χ3n) is 2.48. The summed E-state index contributed by atoms with van der Waals surface area (Å²) in [5.41, 5.74) is 0. The van der Waals surface area contributed by atoms with Crippen molar-refractivity contribution >= 4 is 18.4 Å². The van der Waals surface area contributed by atoms with Crippen LogP contribution < -0.4 is 10.6 Å². The van der Waals surface area contributed by atoms with Crippen molar-refractivity contribution < 1.29 is 0 Å². The molecule has 0 saturated carbocycles. The third-order valence-corrected chi connectivity index (χ3v) is 2.48. The summed E-state index contributed by atoms with van der Waals surface area (Å²) >= 11 is 0. The van der Waals surface area contributed by atoms with Crippen LogP contribution >= 0.6 is 12.4 Å². The maximum atomic E-state index is 4.11. The van der Waals surface area contributed by atoms with Crippen molar-refractivity contribution in [1.29, 1.82) is 0 Å². The van der Waals surface area contributed by atoms with E-state index in [4.69, 9.17) is 0 Å². The van der Waals surface area contributed by atoms with E-state index in [-0.39, 0.29) is 12.4 Å². The van der Waals surface area contributed by atoms with Gasteiger partial charge in [-0.15, -0.1) is 12.4 Å². The van der Waals surface area contributed by atoms with Crippen molar-refractivity contribution in [2.45, 2.75) is 25.3 Å². The molecule has 2 rings (SSSR count). The number of halogens is 1. The molecule has 1 aromatic heterocycles. The van der Waals surface area contributed by atoms with Crippen molar-refractivity contribution in [2.75, 3.05) is 18.4 Å². The number of hydrogen-bond donors (Lipinski definition) is 2. The Labute approximate surface area is 96.3 Å². The van der Waals surface area contributed by atoms with E-state index in [2.05, 4.69) is 20.6 Å². The average molecular weight is 229 g/mol. The summed E-state index contributed by atoms with van der Waals surface area (Å²) in [6, 6.07) is 2.40. The molecule has 0 spiro atoms. The number of aromatic nitrogens is 2. The van der Waals surface area contributed by atoms with Gasteiger partial charge < -0.3 is 10.6 Å². The van der Waals surface area contributed by atoms with Crippen LogP contribution in [0.15, 0.2) is 18.5 Å². The summed E-state index contributed by atoms with van der Waals surface area (Å²) in [6.45, 7) is 2.06. The molecule has 0 bridgehead atoms. The highest BCUT2D eigenvalue weighted by Gasteiger charge is 2.11. The zero-order chi connectivity index (χ0) is 9.64. The molecule has 1 fully saturated rings. The number of rotatable bonds is 3. The second-order valence-electron chi connectivity index (χ2n) is 3.60. The summed E-state index contributed by atoms with van der Waals surface area (Å²) < 4.78 is 0. The molecule has 2 heterocycles. The zero-order valence-electron chi connectivity index (χ0n) is 8.65. The van der Waals surface area contributed by atoms with Crippen molar-refractivity contribution in [3.63, 3.8) is 0 Å². The fraction of sp³-hybridized carbons (Fsp3) is 0.600. The molecule has 0 aliphatic carbocycles. The SMILES string of the molecule is Cl.c1cnc(NCC2CCCCN2)nc1. The Hall–Kier alpha value is -0.870. The first-order valence-corrected chi connectivity index (χ1v) is 5.19. The number of anilines is 1. The van der Waals surface area contributed by atoms with E-state index in [9.17, 15) is 0 Å². The molecular weight excluding hydrogens is 212 g/mol. The van der Waals surface area contributed by atoms with Crippen LogP contribution in [0.25, 0.3) is 0 Å². The lowest BCUT2D eigenvalue weighted by Crippen LogP contribution is -2.39. The molecule has 1 aromatic rings. The Balaban J connectivity index is 0.00000112. The van der Waals surface area contributed by atoms with E-state index in [1.807, 2.05) is 6.07 Å². The Kier molecular flexibility index (Phi) is 5.36. The standard InChI is InChI=1S/C10H16N4.ClH/c1-2-5-11-9(4-1)8-14-10-12-6-3-7-13-10;/h3,6-7,9,11H,1-2,4-5,8H2,(H,12,13,14);1H. The molecule has 15 heavy (non-hydrogen) atoms. The first-order valence-electron chi connectivity index (χ1n) is 5.19. The highest BCUT2D eigenvalue weighted by atomic mass is 35.5. The number of nitrogens with one attached hydrogen (secondary N) is 2. The van der Waals surface area contributed by atoms with Crippen LogP contribution in [0.1, 0.15) is 19.3 Å². The van der Waals surface area contributed by atoms with Gasteiger partial charge in [-0.1, -0.05) is 6.42 Å². The molecule has 1 atom stereocenters. The van der Waals surface area contributed by atoms with Crippen LogP contribution in [0.3, 0.4) is 0 Å². The molecule has 0 aromatic carbocycles. The van der Waals surface area contributed by atoms with Gasteiger partial charge in [0.25, 0.3) is 0 Å². The predicted molar refractivity (Wildman–Crippen MR) is 63.4 cm³/mol. The normalized spacial score (nSPS) is 20.4. The Bertz CT molecular complexity index is 261. The lowest BCUT2D eigenvalue weighted by molar-refractivity contribution is 0.413. The highest BCUT2D eigenvalue weighted by Crippen LogP contribution is 2.07. The summed E-state index contributed by atoms with van der Waals surface area (Å²) in [6.07, 6.45) is 7.39. The Morgan fingerprint density at radius 3 is 2.80 bits per heavy atom. The maximum Gasteiger partial charge on any atom is 0.222 e. The fourth-order valence-electron chi connectivity index (χ4n) is 1.70. The molecule has 1 aliphatic heterocycles. The molecule has 4 nitrogen and oxygen atoms in total. The van der Waals surface area contributed by atoms with Gasteiger partial charge in [-0.25, -0.2) is 9.97 Å². The molecule has 1 saturated heterocycles. The quantitative estimate of drug-likeness (QED) is 0.823. The van der Waals surface area contributed by atoms with E-state index in [1.54, 1.807) is 12.4 Å². The van der Waals surface area contributed by atoms with Gasteiger partial charge in [0.15, 0.2) is 0 Å². The number of piperidine rings is 1. The van der Waals surface area contributed by atoms with Gasteiger partial charge in [-0.3, -0.25) is 0 Å². The van der Waals surface area contributed by atoms with Gasteiger partial charge in [-0.2, -0.15) is 0 Å². The fourth-order valence-corrected chi connectivity index (χ4v) is 1.70. The van der Waals surface area contributed by atoms with Gasteiger partial charge in [0, 0.05) is 25.0 Å². The molecule has 0 amide bonds. The smallest absolute Gasteiger partial charge is 0.222 e. The zero-order valence-corrected chi connectivity index (χ0v) is 9.46. The minimum atomic E-state index is 0. The largest absolute Gasteiger partial charge is 0.353 e. The van der Waals surface area contributed by atoms with Crippen LogP contribution in [0.2, 0.25) is 0 Å². The second-order valence-corrected chi connectivity index (χ2v) is 3.60. The van der Waals surface area contributed by atoms with Crippen LogP contribution in [-0.4, -0.2) is 29.1 Å². The lowest BCUT2D eigenvalue weighted by Gasteiger charge is -2.23. The second kappa shape index (κ2) is 6.58. The summed E-state index contributed by atoms with van der Waals surface area (Å²) in [4.78, 5) is 8.23. The molecule has 5 heteroatoms. The molecule has 2 N–H and O–H groups in total. The summed E-state index contributed by atoms with van der Waals surface area (Å²) in [7, 11) is 0. The minimum absolute atomic E-state index is 0. The first-order chi connectivity index (χ1) is 6.95. The van der Waals surface area contributed by atoms with Crippen molar-refractivity contribution in [3.8, 4) is 0 Å². The van der Waals surface area contributed by atoms with Gasteiger partial charge >= 0.3 is 0 Å². The maximum absolute atomic E-state index is 4.11. The highest BCUT2D eigenvalue weighted by molar-refractivity contribution is 5.85. The third kappa shape index (κ3) is 4.01. The molecule has 0 radical (unpaired) electrons. The summed E-state index contributed by atoms with van der Waals surface area (Å²) in [5.74, 6) is 0.722. The van der Waals surface area contributed by atoms with E-state index < -0.39 is 0 Å². The van der Waals surface area contributed by atoms with E-state index in [0.29, 0.717) is 6.04 Å². The van der Waals surface area contributed by atoms with Crippen molar-refractivity contribution in [3.05, 3.63) is 18.5 Å². The monoisotopic (exact) mass is 228 g/mol. The van der Waals surface area contributed by atoms with Gasteiger partial charge in [0.05, 0.1) is 0 Å². The van der Waals surface area contributed by atoms with E-state index in [0.717, 1.165) is 19.0 Å². The van der Waals surface area contributed by atoms with Gasteiger partial charge in [-0.05, 0) is 25.5 Å². The van der Waals surface area contributed by atoms with Gasteiger partial charge in [0.1, 0.15) is 0 Å². The number of nitrogens with zero attached hydrogens (tertiary/aromatic N) is 2. The minimum Gasteiger partial charge on any atom is -0.353 e. The molecule has 1 aliphatic rings. The Morgan fingerprint density at radius 1 is 1.33 bits per heavy atom. The van der Waals surface area contributed by atoms with Crippen LogP contribution in [0, 0.1) is 0 Å². The predicted octanol–water partition coefficient (Wildman–Crippen LogP) is 1.45. The topological polar surface area (TPSA) is 49.8 Å². The lowest BCUT2D eigenvalue weighted by atomic mass is 10.1. The summed E-state index contributed by atoms with van der Waals surface area (Å²) in [5, 5.41) is 6.70. The van der Waals surface area contributed by atoms with Crippen LogP contribution in [0.5, 0.6) is 0 Å². The van der Waals surface area contributed by atoms with E-state index in [1.165, 1.54) is 19.3 Å². The van der Waals surface area contributed by atoms with Gasteiger partial charge in [0.2, 0.25) is 5.95 Å². The molecular formula is C10H17ClN4. The molecule has 1 unspecified atom stereocenters. The first kappa shape index (κ1) is 12.2. The Morgan fingerprint density at radius 2 is 2.13 bits per heavy atom. The molecule has 84 valence electrons.